The Bertz CT molecular complexity index is 871. The third-order valence-electron chi connectivity index (χ3n) is 3.93. The van der Waals surface area contributed by atoms with Gasteiger partial charge >= 0.3 is 5.97 Å². The molecule has 0 aliphatic rings. The number of carbonyl (C=O) groups is 2. The molecule has 0 saturated heterocycles. The highest BCUT2D eigenvalue weighted by atomic mass is 16.5. The molecule has 3 aromatic rings. The zero-order chi connectivity index (χ0) is 18.4. The molecular formula is C22H18O4. The van der Waals surface area contributed by atoms with Crippen molar-refractivity contribution in [3.05, 3.63) is 102 Å². The van der Waals surface area contributed by atoms with Crippen molar-refractivity contribution in [3.63, 3.8) is 0 Å². The minimum Gasteiger partial charge on any atom is -0.478 e. The lowest BCUT2D eigenvalue weighted by atomic mass is 10.00. The average Bonchev–Trinajstić information content (AvgIpc) is 2.72. The lowest BCUT2D eigenvalue weighted by Gasteiger charge is -2.19. The molecule has 0 spiro atoms. The standard InChI is InChI=1S/C22H18O4/c1-25-22(24)18-12-14-19(15-13-18)26-21(17-10-6-3-7-11-17)20(23)16-8-4-2-5-9-16/h2-15,21H,1H3/t21-/m1/s1. The maximum Gasteiger partial charge on any atom is 0.337 e. The molecule has 4 heteroatoms. The average molecular weight is 346 g/mol. The highest BCUT2D eigenvalue weighted by Crippen LogP contribution is 2.26. The van der Waals surface area contributed by atoms with Gasteiger partial charge in [-0.1, -0.05) is 60.7 Å². The quantitative estimate of drug-likeness (QED) is 0.488. The molecule has 3 aromatic carbocycles. The van der Waals surface area contributed by atoms with Crippen LogP contribution in [0.5, 0.6) is 5.75 Å². The van der Waals surface area contributed by atoms with Crippen molar-refractivity contribution in [3.8, 4) is 5.75 Å². The highest BCUT2D eigenvalue weighted by Gasteiger charge is 2.24. The molecule has 0 aromatic heterocycles. The van der Waals surface area contributed by atoms with E-state index in [-0.39, 0.29) is 5.78 Å². The van der Waals surface area contributed by atoms with Crippen molar-refractivity contribution in [2.24, 2.45) is 0 Å². The SMILES string of the molecule is COC(=O)c1ccc(O[C@@H](C(=O)c2ccccc2)c2ccccc2)cc1. The van der Waals surface area contributed by atoms with E-state index in [2.05, 4.69) is 4.74 Å². The van der Waals surface area contributed by atoms with E-state index in [4.69, 9.17) is 4.74 Å². The summed E-state index contributed by atoms with van der Waals surface area (Å²) < 4.78 is 10.7. The van der Waals surface area contributed by atoms with Gasteiger partial charge in [0.05, 0.1) is 12.7 Å². The molecule has 0 heterocycles. The van der Waals surface area contributed by atoms with E-state index < -0.39 is 12.1 Å². The lowest BCUT2D eigenvalue weighted by molar-refractivity contribution is 0.0600. The molecule has 0 fully saturated rings. The topological polar surface area (TPSA) is 52.6 Å². The molecule has 0 saturated carbocycles. The van der Waals surface area contributed by atoms with E-state index in [1.54, 1.807) is 36.4 Å². The predicted molar refractivity (Wildman–Crippen MR) is 98.4 cm³/mol. The zero-order valence-corrected chi connectivity index (χ0v) is 14.3. The summed E-state index contributed by atoms with van der Waals surface area (Å²) in [4.78, 5) is 24.5. The van der Waals surface area contributed by atoms with Crippen LogP contribution < -0.4 is 4.74 Å². The van der Waals surface area contributed by atoms with E-state index in [1.165, 1.54) is 7.11 Å². The van der Waals surface area contributed by atoms with Crippen LogP contribution in [-0.2, 0) is 4.74 Å². The summed E-state index contributed by atoms with van der Waals surface area (Å²) in [5.74, 6) is -0.0545. The summed E-state index contributed by atoms with van der Waals surface area (Å²) in [7, 11) is 1.33. The maximum absolute atomic E-state index is 13.0. The van der Waals surface area contributed by atoms with Crippen molar-refractivity contribution in [2.45, 2.75) is 6.10 Å². The summed E-state index contributed by atoms with van der Waals surface area (Å²) in [5.41, 5.74) is 1.76. The molecule has 0 aliphatic heterocycles. The van der Waals surface area contributed by atoms with Crippen LogP contribution in [0.4, 0.5) is 0 Å². The van der Waals surface area contributed by atoms with Crippen molar-refractivity contribution in [1.82, 2.24) is 0 Å². The zero-order valence-electron chi connectivity index (χ0n) is 14.3. The van der Waals surface area contributed by atoms with E-state index in [1.807, 2.05) is 48.5 Å². The van der Waals surface area contributed by atoms with Crippen LogP contribution in [0.25, 0.3) is 0 Å². The van der Waals surface area contributed by atoms with Gasteiger partial charge in [-0.05, 0) is 24.3 Å². The highest BCUT2D eigenvalue weighted by molar-refractivity contribution is 6.00. The van der Waals surface area contributed by atoms with Crippen LogP contribution in [0.2, 0.25) is 0 Å². The van der Waals surface area contributed by atoms with Gasteiger partial charge in [0.15, 0.2) is 6.10 Å². The fraction of sp³-hybridized carbons (Fsp3) is 0.0909. The van der Waals surface area contributed by atoms with Crippen LogP contribution >= 0.6 is 0 Å². The van der Waals surface area contributed by atoms with Crippen molar-refractivity contribution in [2.75, 3.05) is 7.11 Å². The number of rotatable bonds is 6. The second-order valence-corrected chi connectivity index (χ2v) is 5.65. The maximum atomic E-state index is 13.0. The molecule has 1 atom stereocenters. The summed E-state index contributed by atoms with van der Waals surface area (Å²) in [6, 6.07) is 24.9. The Balaban J connectivity index is 1.89. The fourth-order valence-electron chi connectivity index (χ4n) is 2.58. The van der Waals surface area contributed by atoms with Gasteiger partial charge in [0, 0.05) is 11.1 Å². The third kappa shape index (κ3) is 3.98. The number of hydrogen-bond donors (Lipinski definition) is 0. The molecule has 4 nitrogen and oxygen atoms in total. The molecule has 0 N–H and O–H groups in total. The Morgan fingerprint density at radius 2 is 1.31 bits per heavy atom. The van der Waals surface area contributed by atoms with Gasteiger partial charge < -0.3 is 9.47 Å². The van der Waals surface area contributed by atoms with Gasteiger partial charge in [0.1, 0.15) is 5.75 Å². The van der Waals surface area contributed by atoms with E-state index in [0.717, 1.165) is 5.56 Å². The molecule has 3 rings (SSSR count). The minimum absolute atomic E-state index is 0.131. The molecule has 130 valence electrons. The normalized spacial score (nSPS) is 11.4. The Hall–Kier alpha value is -3.40. The number of ketones is 1. The summed E-state index contributed by atoms with van der Waals surface area (Å²) in [6.07, 6.45) is -0.775. The van der Waals surface area contributed by atoms with Crippen molar-refractivity contribution < 1.29 is 19.1 Å². The van der Waals surface area contributed by atoms with E-state index >= 15 is 0 Å². The minimum atomic E-state index is -0.775. The number of carbonyl (C=O) groups excluding carboxylic acids is 2. The molecule has 0 bridgehead atoms. The number of Topliss-reactive ketones (excluding diaryl/α,β-unsaturated/α-hetero) is 1. The first-order valence-corrected chi connectivity index (χ1v) is 8.18. The van der Waals surface area contributed by atoms with Gasteiger partial charge in [0.25, 0.3) is 0 Å². The number of benzene rings is 3. The largest absolute Gasteiger partial charge is 0.478 e. The van der Waals surface area contributed by atoms with E-state index in [0.29, 0.717) is 16.9 Å². The molecule has 0 unspecified atom stereocenters. The van der Waals surface area contributed by atoms with Crippen molar-refractivity contribution >= 4 is 11.8 Å². The summed E-state index contributed by atoms with van der Waals surface area (Å²) >= 11 is 0. The van der Waals surface area contributed by atoms with Gasteiger partial charge in [0.2, 0.25) is 5.78 Å². The number of ether oxygens (including phenoxy) is 2. The Morgan fingerprint density at radius 1 is 0.731 bits per heavy atom. The van der Waals surface area contributed by atoms with Crippen molar-refractivity contribution in [1.29, 1.82) is 0 Å². The number of esters is 1. The summed E-state index contributed by atoms with van der Waals surface area (Å²) in [5, 5.41) is 0. The Morgan fingerprint density at radius 3 is 1.88 bits per heavy atom. The van der Waals surface area contributed by atoms with Gasteiger partial charge in [-0.15, -0.1) is 0 Å². The predicted octanol–water partition coefficient (Wildman–Crippen LogP) is 4.48. The Kier molecular flexibility index (Phi) is 5.44. The van der Waals surface area contributed by atoms with Crippen LogP contribution in [0, 0.1) is 0 Å². The van der Waals surface area contributed by atoms with Gasteiger partial charge in [-0.3, -0.25) is 4.79 Å². The lowest BCUT2D eigenvalue weighted by Crippen LogP contribution is -2.19. The third-order valence-corrected chi connectivity index (χ3v) is 3.93. The molecular weight excluding hydrogens is 328 g/mol. The number of hydrogen-bond acceptors (Lipinski definition) is 4. The molecule has 26 heavy (non-hydrogen) atoms. The molecule has 0 aliphatic carbocycles. The van der Waals surface area contributed by atoms with Crippen LogP contribution in [0.1, 0.15) is 32.4 Å². The van der Waals surface area contributed by atoms with E-state index in [9.17, 15) is 9.59 Å². The molecule has 0 amide bonds. The first-order valence-electron chi connectivity index (χ1n) is 8.18. The number of methoxy groups -OCH3 is 1. The Labute approximate surface area is 152 Å². The van der Waals surface area contributed by atoms with Crippen LogP contribution in [0.15, 0.2) is 84.9 Å². The van der Waals surface area contributed by atoms with Gasteiger partial charge in [-0.25, -0.2) is 4.79 Å². The van der Waals surface area contributed by atoms with Crippen LogP contribution in [-0.4, -0.2) is 18.9 Å². The second kappa shape index (κ2) is 8.12. The summed E-state index contributed by atoms with van der Waals surface area (Å²) in [6.45, 7) is 0. The first-order chi connectivity index (χ1) is 12.7. The van der Waals surface area contributed by atoms with Gasteiger partial charge in [-0.2, -0.15) is 0 Å². The van der Waals surface area contributed by atoms with Crippen LogP contribution in [0.3, 0.4) is 0 Å². The fourth-order valence-corrected chi connectivity index (χ4v) is 2.58. The second-order valence-electron chi connectivity index (χ2n) is 5.65. The first kappa shape index (κ1) is 17.4. The monoisotopic (exact) mass is 346 g/mol. The molecule has 0 radical (unpaired) electrons. The smallest absolute Gasteiger partial charge is 0.337 e.